The Morgan fingerprint density at radius 2 is 1.88 bits per heavy atom. The van der Waals surface area contributed by atoms with E-state index in [4.69, 9.17) is 11.6 Å². The van der Waals surface area contributed by atoms with Gasteiger partial charge < -0.3 is 15.1 Å². The first-order chi connectivity index (χ1) is 15.6. The lowest BCUT2D eigenvalue weighted by atomic mass is 10.0. The molecule has 0 saturated carbocycles. The summed E-state index contributed by atoms with van der Waals surface area (Å²) in [7, 11) is 0. The molecule has 7 nitrogen and oxygen atoms in total. The Hall–Kier alpha value is -2.29. The Morgan fingerprint density at radius 1 is 1.09 bits per heavy atom. The number of hydrogen-bond donors (Lipinski definition) is 1. The van der Waals surface area contributed by atoms with Crippen LogP contribution in [0.4, 0.5) is 16.0 Å². The van der Waals surface area contributed by atoms with Gasteiger partial charge in [-0.25, -0.2) is 14.4 Å². The number of benzene rings is 1. The molecule has 3 aliphatic heterocycles. The summed E-state index contributed by atoms with van der Waals surface area (Å²) >= 11 is 6.13. The predicted octanol–water partition coefficient (Wildman–Crippen LogP) is 2.77. The number of aromatic nitrogens is 2. The maximum Gasteiger partial charge on any atom is 0.156 e. The summed E-state index contributed by atoms with van der Waals surface area (Å²) in [4.78, 5) is 28.0. The largest absolute Gasteiger partial charge is 0.363 e. The fourth-order valence-corrected chi connectivity index (χ4v) is 5.23. The van der Waals surface area contributed by atoms with Crippen LogP contribution in [0.15, 0.2) is 24.5 Å². The van der Waals surface area contributed by atoms with Crippen molar-refractivity contribution in [3.8, 4) is 0 Å². The second-order valence-electron chi connectivity index (χ2n) is 8.81. The first-order valence-corrected chi connectivity index (χ1v) is 11.7. The summed E-state index contributed by atoms with van der Waals surface area (Å²) in [6.07, 6.45) is 4.41. The number of anilines is 2. The number of Topliss-reactive ketones (excluding diaryl/α,β-unsaturated/α-hetero) is 1. The molecule has 2 saturated heterocycles. The second kappa shape index (κ2) is 9.29. The molecule has 1 N–H and O–H groups in total. The molecule has 0 radical (unpaired) electrons. The monoisotopic (exact) mass is 458 g/mol. The van der Waals surface area contributed by atoms with Gasteiger partial charge in [0.15, 0.2) is 5.78 Å². The molecule has 1 unspecified atom stereocenters. The number of rotatable bonds is 5. The lowest BCUT2D eigenvalue weighted by Crippen LogP contribution is -2.50. The van der Waals surface area contributed by atoms with Gasteiger partial charge in [-0.1, -0.05) is 17.7 Å². The zero-order chi connectivity index (χ0) is 22.1. The van der Waals surface area contributed by atoms with Gasteiger partial charge in [-0.15, -0.1) is 0 Å². The van der Waals surface area contributed by atoms with Crippen LogP contribution in [0.2, 0.25) is 5.02 Å². The predicted molar refractivity (Wildman–Crippen MR) is 123 cm³/mol. The first-order valence-electron chi connectivity index (χ1n) is 11.3. The standard InChI is InChI=1S/C23H28ClFN6O/c24-19-11-16(3-4-20(19)25)21(14-29-5-1-2-6-29)30-7-9-31(10-8-30)23-18-12-17(32)13-26-22(18)27-15-28-23/h3-4,11,15,21H,1-2,5-10,12-14H2,(H,26,27,28). The molecule has 1 aromatic carbocycles. The van der Waals surface area contributed by atoms with Gasteiger partial charge in [0.25, 0.3) is 0 Å². The summed E-state index contributed by atoms with van der Waals surface area (Å²) in [5.41, 5.74) is 1.96. The van der Waals surface area contributed by atoms with Crippen LogP contribution in [0.3, 0.4) is 0 Å². The zero-order valence-corrected chi connectivity index (χ0v) is 18.8. The number of likely N-dealkylation sites (tertiary alicyclic amines) is 1. The molecule has 4 heterocycles. The highest BCUT2D eigenvalue weighted by Crippen LogP contribution is 2.31. The van der Waals surface area contributed by atoms with Crippen molar-refractivity contribution in [3.63, 3.8) is 0 Å². The Kier molecular flexibility index (Phi) is 6.26. The molecule has 5 rings (SSSR count). The molecule has 1 aromatic heterocycles. The Labute approximate surface area is 192 Å². The maximum absolute atomic E-state index is 13.8. The van der Waals surface area contributed by atoms with E-state index in [1.54, 1.807) is 12.4 Å². The molecule has 32 heavy (non-hydrogen) atoms. The van der Waals surface area contributed by atoms with E-state index < -0.39 is 0 Å². The van der Waals surface area contributed by atoms with Crippen LogP contribution >= 0.6 is 11.6 Å². The number of carbonyl (C=O) groups excluding carboxylic acids is 1. The Bertz CT molecular complexity index is 990. The third-order valence-corrected chi connectivity index (χ3v) is 7.05. The minimum absolute atomic E-state index is 0.158. The lowest BCUT2D eigenvalue weighted by molar-refractivity contribution is -0.117. The average Bonchev–Trinajstić information content (AvgIpc) is 3.32. The van der Waals surface area contributed by atoms with Crippen molar-refractivity contribution in [3.05, 3.63) is 46.5 Å². The third kappa shape index (κ3) is 4.44. The van der Waals surface area contributed by atoms with Gasteiger partial charge in [-0.3, -0.25) is 9.69 Å². The van der Waals surface area contributed by atoms with E-state index >= 15 is 0 Å². The van der Waals surface area contributed by atoms with Crippen molar-refractivity contribution in [1.82, 2.24) is 19.8 Å². The topological polar surface area (TPSA) is 64.6 Å². The smallest absolute Gasteiger partial charge is 0.156 e. The number of nitrogens with zero attached hydrogens (tertiary/aromatic N) is 5. The quantitative estimate of drug-likeness (QED) is 0.739. The van der Waals surface area contributed by atoms with Crippen LogP contribution in [-0.4, -0.2) is 77.9 Å². The lowest BCUT2D eigenvalue weighted by Gasteiger charge is -2.41. The van der Waals surface area contributed by atoms with Crippen molar-refractivity contribution in [2.24, 2.45) is 0 Å². The number of fused-ring (bicyclic) bond motifs is 1. The van der Waals surface area contributed by atoms with Crippen LogP contribution in [0, 0.1) is 5.82 Å². The first kappa shape index (κ1) is 21.6. The van der Waals surface area contributed by atoms with Gasteiger partial charge >= 0.3 is 0 Å². The SMILES string of the molecule is O=C1CNc2ncnc(N3CCN(C(CN4CCCC4)c4ccc(F)c(Cl)c4)CC3)c2C1. The molecule has 9 heteroatoms. The molecular formula is C23H28ClFN6O. The van der Waals surface area contributed by atoms with Gasteiger partial charge in [0.2, 0.25) is 0 Å². The fourth-order valence-electron chi connectivity index (χ4n) is 5.04. The average molecular weight is 459 g/mol. The number of piperazine rings is 1. The van der Waals surface area contributed by atoms with Crippen molar-refractivity contribution < 1.29 is 9.18 Å². The number of nitrogens with one attached hydrogen (secondary N) is 1. The summed E-state index contributed by atoms with van der Waals surface area (Å²) in [6.45, 7) is 6.80. The van der Waals surface area contributed by atoms with E-state index in [1.807, 2.05) is 6.07 Å². The Balaban J connectivity index is 1.33. The van der Waals surface area contributed by atoms with Crippen LogP contribution in [0.5, 0.6) is 0 Å². The van der Waals surface area contributed by atoms with Crippen molar-refractivity contribution in [2.45, 2.75) is 25.3 Å². The van der Waals surface area contributed by atoms with Gasteiger partial charge in [0, 0.05) is 50.7 Å². The third-order valence-electron chi connectivity index (χ3n) is 6.76. The highest BCUT2D eigenvalue weighted by Gasteiger charge is 2.30. The second-order valence-corrected chi connectivity index (χ2v) is 9.22. The minimum atomic E-state index is -0.378. The molecule has 0 amide bonds. The van der Waals surface area contributed by atoms with Crippen molar-refractivity contribution >= 4 is 29.0 Å². The molecule has 3 aliphatic rings. The van der Waals surface area contributed by atoms with Gasteiger partial charge in [0.05, 0.1) is 11.6 Å². The molecule has 1 atom stereocenters. The molecular weight excluding hydrogens is 431 g/mol. The van der Waals surface area contributed by atoms with Crippen LogP contribution in [0.25, 0.3) is 0 Å². The number of ketones is 1. The molecule has 2 aromatic rings. The number of hydrogen-bond acceptors (Lipinski definition) is 7. The zero-order valence-electron chi connectivity index (χ0n) is 18.1. The highest BCUT2D eigenvalue weighted by atomic mass is 35.5. The summed E-state index contributed by atoms with van der Waals surface area (Å²) in [5, 5.41) is 3.28. The van der Waals surface area contributed by atoms with E-state index in [0.717, 1.165) is 68.6 Å². The van der Waals surface area contributed by atoms with Crippen molar-refractivity contribution in [1.29, 1.82) is 0 Å². The van der Waals surface area contributed by atoms with E-state index in [9.17, 15) is 9.18 Å². The normalized spacial score (nSPS) is 20.8. The van der Waals surface area contributed by atoms with E-state index in [2.05, 4.69) is 30.0 Å². The van der Waals surface area contributed by atoms with Gasteiger partial charge in [-0.05, 0) is 43.6 Å². The van der Waals surface area contributed by atoms with Crippen LogP contribution in [-0.2, 0) is 11.2 Å². The van der Waals surface area contributed by atoms with Crippen LogP contribution < -0.4 is 10.2 Å². The summed E-state index contributed by atoms with van der Waals surface area (Å²) in [6, 6.07) is 5.28. The number of carbonyl (C=O) groups is 1. The molecule has 170 valence electrons. The van der Waals surface area contributed by atoms with Crippen LogP contribution in [0.1, 0.15) is 30.0 Å². The molecule has 0 aliphatic carbocycles. The van der Waals surface area contributed by atoms with Gasteiger partial charge in [0.1, 0.15) is 23.8 Å². The number of halogens is 2. The van der Waals surface area contributed by atoms with Gasteiger partial charge in [-0.2, -0.15) is 0 Å². The Morgan fingerprint density at radius 3 is 2.62 bits per heavy atom. The van der Waals surface area contributed by atoms with Crippen molar-refractivity contribution in [2.75, 3.05) is 62.6 Å². The highest BCUT2D eigenvalue weighted by molar-refractivity contribution is 6.30. The molecule has 0 bridgehead atoms. The molecule has 0 spiro atoms. The fraction of sp³-hybridized carbons (Fsp3) is 0.522. The van der Waals surface area contributed by atoms with E-state index in [0.29, 0.717) is 13.0 Å². The van der Waals surface area contributed by atoms with E-state index in [-0.39, 0.29) is 22.7 Å². The van der Waals surface area contributed by atoms with E-state index in [1.165, 1.54) is 18.9 Å². The maximum atomic E-state index is 13.8. The molecule has 2 fully saturated rings. The summed E-state index contributed by atoms with van der Waals surface area (Å²) in [5.74, 6) is 1.41. The minimum Gasteiger partial charge on any atom is -0.363 e. The summed E-state index contributed by atoms with van der Waals surface area (Å²) < 4.78 is 13.8.